The summed E-state index contributed by atoms with van der Waals surface area (Å²) in [4.78, 5) is 11.8. The number of benzene rings is 1. The molecule has 1 aromatic carbocycles. The SMILES string of the molecule is NCc1cn(CC(=O)Cc2ccccc2)nn1. The number of carbonyl (C=O) groups is 1. The molecule has 0 saturated carbocycles. The zero-order chi connectivity index (χ0) is 12.1. The van der Waals surface area contributed by atoms with Gasteiger partial charge in [0.15, 0.2) is 5.78 Å². The minimum absolute atomic E-state index is 0.102. The molecular weight excluding hydrogens is 216 g/mol. The van der Waals surface area contributed by atoms with Gasteiger partial charge in [0.2, 0.25) is 0 Å². The molecule has 1 heterocycles. The smallest absolute Gasteiger partial charge is 0.158 e. The Labute approximate surface area is 99.2 Å². The van der Waals surface area contributed by atoms with Gasteiger partial charge in [-0.1, -0.05) is 35.5 Å². The van der Waals surface area contributed by atoms with Crippen LogP contribution in [-0.2, 0) is 24.3 Å². The van der Waals surface area contributed by atoms with Gasteiger partial charge in [-0.05, 0) is 5.56 Å². The molecule has 0 atom stereocenters. The van der Waals surface area contributed by atoms with Crippen molar-refractivity contribution in [2.45, 2.75) is 19.5 Å². The minimum Gasteiger partial charge on any atom is -0.325 e. The van der Waals surface area contributed by atoms with E-state index in [-0.39, 0.29) is 12.3 Å². The number of hydrogen-bond donors (Lipinski definition) is 1. The molecule has 2 aromatic rings. The predicted molar refractivity (Wildman–Crippen MR) is 63.1 cm³/mol. The molecule has 0 unspecified atom stereocenters. The lowest BCUT2D eigenvalue weighted by Gasteiger charge is -2.00. The van der Waals surface area contributed by atoms with Crippen molar-refractivity contribution in [1.29, 1.82) is 0 Å². The monoisotopic (exact) mass is 230 g/mol. The van der Waals surface area contributed by atoms with Gasteiger partial charge in [0.25, 0.3) is 0 Å². The van der Waals surface area contributed by atoms with E-state index < -0.39 is 0 Å². The summed E-state index contributed by atoms with van der Waals surface area (Å²) in [6, 6.07) is 9.64. The van der Waals surface area contributed by atoms with Crippen molar-refractivity contribution in [2.75, 3.05) is 0 Å². The van der Waals surface area contributed by atoms with Crippen molar-refractivity contribution in [3.63, 3.8) is 0 Å². The molecule has 0 aliphatic heterocycles. The number of aromatic nitrogens is 3. The zero-order valence-corrected chi connectivity index (χ0v) is 9.41. The lowest BCUT2D eigenvalue weighted by Crippen LogP contribution is -2.13. The summed E-state index contributed by atoms with van der Waals surface area (Å²) in [5.41, 5.74) is 7.12. The topological polar surface area (TPSA) is 73.8 Å². The number of ketones is 1. The normalized spacial score (nSPS) is 10.4. The number of nitrogens with zero attached hydrogens (tertiary/aromatic N) is 3. The lowest BCUT2D eigenvalue weighted by molar-refractivity contribution is -0.119. The fourth-order valence-corrected chi connectivity index (χ4v) is 1.57. The molecule has 0 bridgehead atoms. The first-order valence-electron chi connectivity index (χ1n) is 5.42. The summed E-state index contributed by atoms with van der Waals surface area (Å²) in [6.45, 7) is 0.578. The first-order valence-corrected chi connectivity index (χ1v) is 5.42. The summed E-state index contributed by atoms with van der Waals surface area (Å²) in [7, 11) is 0. The second-order valence-electron chi connectivity index (χ2n) is 3.81. The van der Waals surface area contributed by atoms with Crippen LogP contribution in [0, 0.1) is 0 Å². The Morgan fingerprint density at radius 2 is 2.06 bits per heavy atom. The highest BCUT2D eigenvalue weighted by Crippen LogP contribution is 2.01. The molecule has 5 nitrogen and oxygen atoms in total. The third-order valence-corrected chi connectivity index (χ3v) is 2.38. The fourth-order valence-electron chi connectivity index (χ4n) is 1.57. The molecule has 0 fully saturated rings. The molecule has 5 heteroatoms. The summed E-state index contributed by atoms with van der Waals surface area (Å²) < 4.78 is 1.52. The highest BCUT2D eigenvalue weighted by Gasteiger charge is 2.06. The van der Waals surface area contributed by atoms with Crippen molar-refractivity contribution >= 4 is 5.78 Å². The lowest BCUT2D eigenvalue weighted by atomic mass is 10.1. The molecule has 0 amide bonds. The molecule has 17 heavy (non-hydrogen) atoms. The molecule has 0 saturated heterocycles. The Hall–Kier alpha value is -2.01. The minimum atomic E-state index is 0.102. The van der Waals surface area contributed by atoms with E-state index in [1.807, 2.05) is 30.3 Å². The van der Waals surface area contributed by atoms with Gasteiger partial charge in [0, 0.05) is 13.0 Å². The van der Waals surface area contributed by atoms with Crippen LogP contribution in [0.4, 0.5) is 0 Å². The maximum Gasteiger partial charge on any atom is 0.158 e. The number of nitrogens with two attached hydrogens (primary N) is 1. The Kier molecular flexibility index (Phi) is 3.62. The van der Waals surface area contributed by atoms with Gasteiger partial charge in [-0.3, -0.25) is 4.79 Å². The third-order valence-electron chi connectivity index (χ3n) is 2.38. The molecule has 0 spiro atoms. The van der Waals surface area contributed by atoms with Crippen molar-refractivity contribution < 1.29 is 4.79 Å². The fraction of sp³-hybridized carbons (Fsp3) is 0.250. The second-order valence-corrected chi connectivity index (χ2v) is 3.81. The van der Waals surface area contributed by atoms with Crippen LogP contribution in [0.15, 0.2) is 36.5 Å². The van der Waals surface area contributed by atoms with Crippen LogP contribution in [0.3, 0.4) is 0 Å². The van der Waals surface area contributed by atoms with Crippen LogP contribution < -0.4 is 5.73 Å². The van der Waals surface area contributed by atoms with Gasteiger partial charge in [0.1, 0.15) is 6.54 Å². The van der Waals surface area contributed by atoms with Gasteiger partial charge >= 0.3 is 0 Å². The second kappa shape index (κ2) is 5.36. The Morgan fingerprint density at radius 1 is 1.29 bits per heavy atom. The van der Waals surface area contributed by atoms with E-state index in [0.717, 1.165) is 5.56 Å². The molecule has 0 aliphatic carbocycles. The van der Waals surface area contributed by atoms with Crippen molar-refractivity contribution in [1.82, 2.24) is 15.0 Å². The standard InChI is InChI=1S/C12H14N4O/c13-7-11-8-16(15-14-11)9-12(17)6-10-4-2-1-3-5-10/h1-5,8H,6-7,9,13H2. The highest BCUT2D eigenvalue weighted by molar-refractivity contribution is 5.80. The number of Topliss-reactive ketones (excluding diaryl/α,β-unsaturated/α-hetero) is 1. The zero-order valence-electron chi connectivity index (χ0n) is 9.41. The van der Waals surface area contributed by atoms with Crippen LogP contribution in [0.2, 0.25) is 0 Å². The maximum atomic E-state index is 11.8. The van der Waals surface area contributed by atoms with Crippen molar-refractivity contribution in [2.24, 2.45) is 5.73 Å². The Balaban J connectivity index is 1.93. The van der Waals surface area contributed by atoms with E-state index >= 15 is 0 Å². The average Bonchev–Trinajstić information content (AvgIpc) is 2.78. The van der Waals surface area contributed by atoms with Gasteiger partial charge in [-0.2, -0.15) is 0 Å². The summed E-state index contributed by atoms with van der Waals surface area (Å²) in [5, 5.41) is 7.66. The van der Waals surface area contributed by atoms with Crippen molar-refractivity contribution in [3.8, 4) is 0 Å². The van der Waals surface area contributed by atoms with Crippen LogP contribution in [0.5, 0.6) is 0 Å². The van der Waals surface area contributed by atoms with E-state index in [4.69, 9.17) is 5.73 Å². The Bertz CT molecular complexity index is 492. The summed E-state index contributed by atoms with van der Waals surface area (Å²) in [5.74, 6) is 0.102. The van der Waals surface area contributed by atoms with Gasteiger partial charge in [-0.15, -0.1) is 5.10 Å². The van der Waals surface area contributed by atoms with E-state index in [0.29, 0.717) is 18.7 Å². The first-order chi connectivity index (χ1) is 8.28. The molecule has 0 radical (unpaired) electrons. The molecule has 0 aliphatic rings. The van der Waals surface area contributed by atoms with Crippen LogP contribution in [0.1, 0.15) is 11.3 Å². The maximum absolute atomic E-state index is 11.8. The average molecular weight is 230 g/mol. The van der Waals surface area contributed by atoms with Gasteiger partial charge in [0.05, 0.1) is 11.9 Å². The number of carbonyl (C=O) groups excluding carboxylic acids is 1. The summed E-state index contributed by atoms with van der Waals surface area (Å²) in [6.07, 6.45) is 2.11. The molecule has 2 N–H and O–H groups in total. The quantitative estimate of drug-likeness (QED) is 0.814. The van der Waals surface area contributed by atoms with E-state index in [2.05, 4.69) is 10.3 Å². The van der Waals surface area contributed by atoms with E-state index in [1.54, 1.807) is 6.20 Å². The van der Waals surface area contributed by atoms with Crippen LogP contribution >= 0.6 is 0 Å². The molecule has 1 aromatic heterocycles. The predicted octanol–water partition coefficient (Wildman–Crippen LogP) is 0.549. The van der Waals surface area contributed by atoms with Gasteiger partial charge in [-0.25, -0.2) is 4.68 Å². The molecular formula is C12H14N4O. The highest BCUT2D eigenvalue weighted by atomic mass is 16.1. The van der Waals surface area contributed by atoms with Crippen LogP contribution in [0.25, 0.3) is 0 Å². The van der Waals surface area contributed by atoms with E-state index in [9.17, 15) is 4.79 Å². The molecule has 2 rings (SSSR count). The van der Waals surface area contributed by atoms with E-state index in [1.165, 1.54) is 4.68 Å². The summed E-state index contributed by atoms with van der Waals surface area (Å²) >= 11 is 0. The largest absolute Gasteiger partial charge is 0.325 e. The number of hydrogen-bond acceptors (Lipinski definition) is 4. The van der Waals surface area contributed by atoms with Gasteiger partial charge < -0.3 is 5.73 Å². The van der Waals surface area contributed by atoms with Crippen LogP contribution in [-0.4, -0.2) is 20.8 Å². The molecule has 88 valence electrons. The third kappa shape index (κ3) is 3.22. The first kappa shape index (κ1) is 11.5. The van der Waals surface area contributed by atoms with Crippen molar-refractivity contribution in [3.05, 3.63) is 47.8 Å². The Morgan fingerprint density at radius 3 is 2.71 bits per heavy atom. The number of rotatable bonds is 5.